The molecular weight excluding hydrogens is 218 g/mol. The molecular formula is C11H15N5O. The fourth-order valence-corrected chi connectivity index (χ4v) is 2.42. The molecule has 1 aromatic heterocycles. The maximum Gasteiger partial charge on any atom is 0.317 e. The van der Waals surface area contributed by atoms with Crippen molar-refractivity contribution < 1.29 is 4.79 Å². The van der Waals surface area contributed by atoms with Crippen LogP contribution in [0.5, 0.6) is 0 Å². The van der Waals surface area contributed by atoms with Gasteiger partial charge in [0, 0.05) is 26.2 Å². The van der Waals surface area contributed by atoms with Crippen LogP contribution in [0.1, 0.15) is 0 Å². The summed E-state index contributed by atoms with van der Waals surface area (Å²) >= 11 is 0. The number of hydrogen-bond acceptors (Lipinski definition) is 4. The molecule has 3 rings (SSSR count). The highest BCUT2D eigenvalue weighted by atomic mass is 16.2. The van der Waals surface area contributed by atoms with E-state index in [1.54, 1.807) is 12.3 Å². The summed E-state index contributed by atoms with van der Waals surface area (Å²) in [5.41, 5.74) is 6.64. The van der Waals surface area contributed by atoms with Gasteiger partial charge in [0.1, 0.15) is 5.82 Å². The van der Waals surface area contributed by atoms with Gasteiger partial charge in [0.2, 0.25) is 0 Å². The number of carbonyl (C=O) groups is 1. The molecule has 2 aliphatic heterocycles. The van der Waals surface area contributed by atoms with Gasteiger partial charge in [0.05, 0.1) is 17.9 Å². The van der Waals surface area contributed by atoms with Crippen LogP contribution in [0.3, 0.4) is 0 Å². The smallest absolute Gasteiger partial charge is 0.317 e. The van der Waals surface area contributed by atoms with Crippen LogP contribution in [-0.4, -0.2) is 48.1 Å². The molecule has 1 unspecified atom stereocenters. The molecule has 0 saturated carbocycles. The number of rotatable bonds is 1. The van der Waals surface area contributed by atoms with Crippen LogP contribution in [0.15, 0.2) is 18.3 Å². The second-order valence-corrected chi connectivity index (χ2v) is 4.42. The molecule has 0 aliphatic carbocycles. The van der Waals surface area contributed by atoms with Gasteiger partial charge in [-0.3, -0.25) is 0 Å². The number of amides is 2. The number of nitrogens with two attached hydrogens (primary N) is 1. The van der Waals surface area contributed by atoms with Crippen molar-refractivity contribution in [3.8, 4) is 0 Å². The molecule has 17 heavy (non-hydrogen) atoms. The first-order valence-electron chi connectivity index (χ1n) is 5.75. The van der Waals surface area contributed by atoms with Crippen molar-refractivity contribution in [2.75, 3.05) is 36.8 Å². The van der Waals surface area contributed by atoms with Crippen LogP contribution >= 0.6 is 0 Å². The largest absolute Gasteiger partial charge is 0.384 e. The Morgan fingerprint density at radius 3 is 3.06 bits per heavy atom. The molecule has 0 radical (unpaired) electrons. The van der Waals surface area contributed by atoms with Gasteiger partial charge in [0.25, 0.3) is 0 Å². The fourth-order valence-electron chi connectivity index (χ4n) is 2.42. The Balaban J connectivity index is 1.75. The second kappa shape index (κ2) is 3.80. The molecule has 3 N–H and O–H groups in total. The predicted molar refractivity (Wildman–Crippen MR) is 64.8 cm³/mol. The van der Waals surface area contributed by atoms with Crippen molar-refractivity contribution >= 4 is 17.5 Å². The number of anilines is 2. The summed E-state index contributed by atoms with van der Waals surface area (Å²) in [4.78, 5) is 19.7. The van der Waals surface area contributed by atoms with Gasteiger partial charge in [-0.25, -0.2) is 9.78 Å². The summed E-state index contributed by atoms with van der Waals surface area (Å²) in [7, 11) is 0. The summed E-state index contributed by atoms with van der Waals surface area (Å²) in [6.07, 6.45) is 1.79. The lowest BCUT2D eigenvalue weighted by Crippen LogP contribution is -2.52. The SMILES string of the molecule is Nc1ccc(N2CCN3C(=O)NCC3C2)cn1. The number of hydrogen-bond donors (Lipinski definition) is 2. The third kappa shape index (κ3) is 1.75. The molecule has 2 amide bonds. The Morgan fingerprint density at radius 2 is 2.29 bits per heavy atom. The zero-order chi connectivity index (χ0) is 11.8. The summed E-state index contributed by atoms with van der Waals surface area (Å²) in [5.74, 6) is 0.532. The monoisotopic (exact) mass is 233 g/mol. The molecule has 2 fully saturated rings. The minimum absolute atomic E-state index is 0.0603. The number of nitrogen functional groups attached to an aromatic ring is 1. The van der Waals surface area contributed by atoms with Crippen molar-refractivity contribution in [3.05, 3.63) is 18.3 Å². The fraction of sp³-hybridized carbons (Fsp3) is 0.455. The molecule has 6 nitrogen and oxygen atoms in total. The summed E-state index contributed by atoms with van der Waals surface area (Å²) < 4.78 is 0. The van der Waals surface area contributed by atoms with Crippen LogP contribution in [0.4, 0.5) is 16.3 Å². The molecule has 3 heterocycles. The molecule has 2 aliphatic rings. The van der Waals surface area contributed by atoms with Crippen LogP contribution in [-0.2, 0) is 0 Å². The highest BCUT2D eigenvalue weighted by Gasteiger charge is 2.35. The van der Waals surface area contributed by atoms with Gasteiger partial charge in [-0.15, -0.1) is 0 Å². The van der Waals surface area contributed by atoms with Crippen molar-refractivity contribution in [1.29, 1.82) is 0 Å². The van der Waals surface area contributed by atoms with Crippen LogP contribution in [0.25, 0.3) is 0 Å². The van der Waals surface area contributed by atoms with E-state index in [0.717, 1.165) is 31.9 Å². The Labute approximate surface area is 99.4 Å². The van der Waals surface area contributed by atoms with E-state index in [4.69, 9.17) is 5.73 Å². The van der Waals surface area contributed by atoms with Gasteiger partial charge in [-0.2, -0.15) is 0 Å². The standard InChI is InChI=1S/C11H15N5O/c12-10-2-1-8(5-13-10)15-3-4-16-9(7-15)6-14-11(16)17/h1-2,5,9H,3-4,6-7H2,(H2,12,13)(H,14,17). The first kappa shape index (κ1) is 10.2. The lowest BCUT2D eigenvalue weighted by atomic mass is 10.2. The molecule has 0 bridgehead atoms. The van der Waals surface area contributed by atoms with E-state index < -0.39 is 0 Å². The molecule has 1 aromatic rings. The number of nitrogens with zero attached hydrogens (tertiary/aromatic N) is 3. The van der Waals surface area contributed by atoms with E-state index in [2.05, 4.69) is 15.2 Å². The van der Waals surface area contributed by atoms with Crippen molar-refractivity contribution in [3.63, 3.8) is 0 Å². The minimum Gasteiger partial charge on any atom is -0.384 e. The predicted octanol–water partition coefficient (Wildman–Crippen LogP) is -0.122. The van der Waals surface area contributed by atoms with Crippen molar-refractivity contribution in [1.82, 2.24) is 15.2 Å². The van der Waals surface area contributed by atoms with E-state index >= 15 is 0 Å². The number of fused-ring (bicyclic) bond motifs is 1. The Kier molecular flexibility index (Phi) is 2.28. The molecule has 0 aromatic carbocycles. The number of urea groups is 1. The first-order chi connectivity index (χ1) is 8.24. The number of nitrogens with one attached hydrogen (secondary N) is 1. The van der Waals surface area contributed by atoms with E-state index in [0.29, 0.717) is 5.82 Å². The van der Waals surface area contributed by atoms with Gasteiger partial charge >= 0.3 is 6.03 Å². The zero-order valence-corrected chi connectivity index (χ0v) is 9.47. The quantitative estimate of drug-likeness (QED) is 0.709. The average Bonchev–Trinajstić information content (AvgIpc) is 2.72. The van der Waals surface area contributed by atoms with Crippen LogP contribution in [0.2, 0.25) is 0 Å². The van der Waals surface area contributed by atoms with E-state index in [1.807, 2.05) is 11.0 Å². The third-order valence-electron chi connectivity index (χ3n) is 3.37. The maximum absolute atomic E-state index is 11.5. The Bertz CT molecular complexity index is 432. The minimum atomic E-state index is 0.0603. The number of aromatic nitrogens is 1. The van der Waals surface area contributed by atoms with Crippen molar-refractivity contribution in [2.45, 2.75) is 6.04 Å². The van der Waals surface area contributed by atoms with Crippen LogP contribution < -0.4 is 16.0 Å². The molecule has 1 atom stereocenters. The van der Waals surface area contributed by atoms with Crippen LogP contribution in [0, 0.1) is 0 Å². The average molecular weight is 233 g/mol. The normalized spacial score (nSPS) is 23.5. The highest BCUT2D eigenvalue weighted by Crippen LogP contribution is 2.20. The van der Waals surface area contributed by atoms with Gasteiger partial charge in [-0.1, -0.05) is 0 Å². The summed E-state index contributed by atoms with van der Waals surface area (Å²) in [5, 5.41) is 2.87. The molecule has 2 saturated heterocycles. The van der Waals surface area contributed by atoms with Crippen molar-refractivity contribution in [2.24, 2.45) is 0 Å². The lowest BCUT2D eigenvalue weighted by Gasteiger charge is -2.37. The first-order valence-corrected chi connectivity index (χ1v) is 5.75. The summed E-state index contributed by atoms with van der Waals surface area (Å²) in [6.45, 7) is 3.19. The van der Waals surface area contributed by atoms with E-state index in [9.17, 15) is 4.79 Å². The molecule has 90 valence electrons. The van der Waals surface area contributed by atoms with E-state index in [-0.39, 0.29) is 12.1 Å². The number of carbonyl (C=O) groups excluding carboxylic acids is 1. The summed E-state index contributed by atoms with van der Waals surface area (Å²) in [6, 6.07) is 4.11. The number of piperazine rings is 1. The molecule has 0 spiro atoms. The highest BCUT2D eigenvalue weighted by molar-refractivity contribution is 5.77. The van der Waals surface area contributed by atoms with Gasteiger partial charge in [0.15, 0.2) is 0 Å². The zero-order valence-electron chi connectivity index (χ0n) is 9.47. The third-order valence-corrected chi connectivity index (χ3v) is 3.37. The lowest BCUT2D eigenvalue weighted by molar-refractivity contribution is 0.197. The Morgan fingerprint density at radius 1 is 1.41 bits per heavy atom. The van der Waals surface area contributed by atoms with E-state index in [1.165, 1.54) is 0 Å². The maximum atomic E-state index is 11.5. The molecule has 6 heteroatoms. The topological polar surface area (TPSA) is 74.5 Å². The number of pyridine rings is 1. The van der Waals surface area contributed by atoms with Gasteiger partial charge in [-0.05, 0) is 12.1 Å². The second-order valence-electron chi connectivity index (χ2n) is 4.42. The van der Waals surface area contributed by atoms with Gasteiger partial charge < -0.3 is 20.9 Å². The Hall–Kier alpha value is -1.98.